The molecule has 1 atom stereocenters. The molecule has 0 saturated carbocycles. The van der Waals surface area contributed by atoms with E-state index in [-0.39, 0.29) is 5.82 Å². The molecule has 0 aromatic heterocycles. The third-order valence-electron chi connectivity index (χ3n) is 3.15. The third-order valence-corrected chi connectivity index (χ3v) is 4.86. The normalized spacial score (nSPS) is 13.8. The van der Waals surface area contributed by atoms with Gasteiger partial charge in [0.2, 0.25) is 0 Å². The second kappa shape index (κ2) is 7.20. The highest BCUT2D eigenvalue weighted by atomic mass is 28.3. The Kier molecular flexibility index (Phi) is 6.21. The molecule has 0 spiro atoms. The van der Waals surface area contributed by atoms with E-state index in [9.17, 15) is 4.39 Å². The first-order valence-corrected chi connectivity index (χ1v) is 11.0. The van der Waals surface area contributed by atoms with Gasteiger partial charge in [-0.2, -0.15) is 0 Å². The van der Waals surface area contributed by atoms with Gasteiger partial charge in [-0.3, -0.25) is 0 Å². The van der Waals surface area contributed by atoms with Crippen molar-refractivity contribution >= 4 is 8.07 Å². The lowest BCUT2D eigenvalue weighted by Crippen LogP contribution is -2.31. The summed E-state index contributed by atoms with van der Waals surface area (Å²) in [5.41, 5.74) is 0.876. The highest BCUT2D eigenvalue weighted by Gasteiger charge is 2.23. The highest BCUT2D eigenvalue weighted by Crippen LogP contribution is 2.28. The molecule has 0 radical (unpaired) electrons. The summed E-state index contributed by atoms with van der Waals surface area (Å²) in [5, 5.41) is 3.49. The Labute approximate surface area is 118 Å². The molecular weight excluding hydrogens is 253 g/mol. The fraction of sp³-hybridized carbons (Fsp3) is 0.625. The molecule has 19 heavy (non-hydrogen) atoms. The van der Waals surface area contributed by atoms with Gasteiger partial charge in [-0.15, -0.1) is 0 Å². The number of hydrogen-bond acceptors (Lipinski definition) is 1. The highest BCUT2D eigenvalue weighted by molar-refractivity contribution is 6.76. The lowest BCUT2D eigenvalue weighted by molar-refractivity contribution is 0.513. The van der Waals surface area contributed by atoms with Crippen LogP contribution >= 0.6 is 0 Å². The van der Waals surface area contributed by atoms with Crippen molar-refractivity contribution < 1.29 is 4.39 Å². The van der Waals surface area contributed by atoms with Crippen molar-refractivity contribution in [3.05, 3.63) is 35.6 Å². The van der Waals surface area contributed by atoms with Gasteiger partial charge in [0.25, 0.3) is 0 Å². The minimum atomic E-state index is -1.21. The van der Waals surface area contributed by atoms with Crippen molar-refractivity contribution in [2.75, 3.05) is 13.1 Å². The first-order chi connectivity index (χ1) is 8.79. The Morgan fingerprint density at radius 1 is 1.11 bits per heavy atom. The van der Waals surface area contributed by atoms with Crippen molar-refractivity contribution in [1.29, 1.82) is 0 Å². The van der Waals surface area contributed by atoms with Gasteiger partial charge in [0.15, 0.2) is 0 Å². The van der Waals surface area contributed by atoms with Gasteiger partial charge >= 0.3 is 0 Å². The maximum absolute atomic E-state index is 14.0. The largest absolute Gasteiger partial charge is 0.316 e. The van der Waals surface area contributed by atoms with Gasteiger partial charge in [-0.1, -0.05) is 51.7 Å². The van der Waals surface area contributed by atoms with E-state index < -0.39 is 8.07 Å². The molecule has 1 rings (SSSR count). The van der Waals surface area contributed by atoms with Crippen LogP contribution in [0.3, 0.4) is 0 Å². The zero-order chi connectivity index (χ0) is 14.5. The van der Waals surface area contributed by atoms with Crippen LogP contribution in [0.5, 0.6) is 0 Å². The molecule has 0 aliphatic heterocycles. The molecule has 3 heteroatoms. The van der Waals surface area contributed by atoms with Crippen LogP contribution in [0, 0.1) is 11.7 Å². The summed E-state index contributed by atoms with van der Waals surface area (Å²) in [6.07, 6.45) is 0. The van der Waals surface area contributed by atoms with Crippen LogP contribution in [0.4, 0.5) is 4.39 Å². The van der Waals surface area contributed by atoms with E-state index in [1.807, 2.05) is 12.1 Å². The fourth-order valence-corrected chi connectivity index (χ4v) is 4.23. The molecule has 0 amide bonds. The monoisotopic (exact) mass is 281 g/mol. The lowest BCUT2D eigenvalue weighted by Gasteiger charge is -2.26. The summed E-state index contributed by atoms with van der Waals surface area (Å²) in [7, 11) is -1.21. The molecule has 0 aliphatic rings. The van der Waals surface area contributed by atoms with E-state index in [2.05, 4.69) is 38.8 Å². The summed E-state index contributed by atoms with van der Waals surface area (Å²) in [6, 6.07) is 8.36. The molecule has 0 bridgehead atoms. The molecule has 1 N–H and O–H groups in total. The van der Waals surface area contributed by atoms with Crippen LogP contribution in [0.25, 0.3) is 0 Å². The van der Waals surface area contributed by atoms with Crippen LogP contribution in [0.2, 0.25) is 25.7 Å². The Morgan fingerprint density at radius 2 is 1.74 bits per heavy atom. The minimum Gasteiger partial charge on any atom is -0.316 e. The molecular formula is C16H28FNSi. The summed E-state index contributed by atoms with van der Waals surface area (Å²) in [4.78, 5) is 0. The molecule has 108 valence electrons. The van der Waals surface area contributed by atoms with Crippen LogP contribution in [0.15, 0.2) is 24.3 Å². The van der Waals surface area contributed by atoms with Gasteiger partial charge in [0, 0.05) is 14.6 Å². The lowest BCUT2D eigenvalue weighted by atomic mass is 10.00. The maximum atomic E-state index is 14.0. The Bertz CT molecular complexity index is 385. The first-order valence-electron chi connectivity index (χ1n) is 7.25. The third kappa shape index (κ3) is 6.35. The standard InChI is InChI=1S/C16H28FNSi/c1-13(2)10-18-11-14(12-19(3,4)5)15-8-6-7-9-16(15)17/h6-9,13-14,18H,10-12H2,1-5H3. The molecule has 1 aromatic rings. The van der Waals surface area contributed by atoms with Gasteiger partial charge < -0.3 is 5.32 Å². The molecule has 1 aromatic carbocycles. The molecule has 1 unspecified atom stereocenters. The first kappa shape index (κ1) is 16.4. The van der Waals surface area contributed by atoms with Gasteiger partial charge in [0.05, 0.1) is 0 Å². The quantitative estimate of drug-likeness (QED) is 0.726. The van der Waals surface area contributed by atoms with Gasteiger partial charge in [-0.25, -0.2) is 4.39 Å². The van der Waals surface area contributed by atoms with Gasteiger partial charge in [-0.05, 0) is 36.1 Å². The zero-order valence-corrected chi connectivity index (χ0v) is 14.0. The SMILES string of the molecule is CC(C)CNCC(C[Si](C)(C)C)c1ccccc1F. The predicted molar refractivity (Wildman–Crippen MR) is 85.0 cm³/mol. The summed E-state index contributed by atoms with van der Waals surface area (Å²) < 4.78 is 14.0. The van der Waals surface area contributed by atoms with Crippen molar-refractivity contribution in [3.8, 4) is 0 Å². The average molecular weight is 281 g/mol. The fourth-order valence-electron chi connectivity index (χ4n) is 2.38. The average Bonchev–Trinajstić information content (AvgIpc) is 2.26. The van der Waals surface area contributed by atoms with Crippen LogP contribution < -0.4 is 5.32 Å². The van der Waals surface area contributed by atoms with E-state index in [0.29, 0.717) is 11.8 Å². The topological polar surface area (TPSA) is 12.0 Å². The van der Waals surface area contributed by atoms with Crippen LogP contribution in [0.1, 0.15) is 25.3 Å². The minimum absolute atomic E-state index is 0.0582. The van der Waals surface area contributed by atoms with Crippen molar-refractivity contribution in [2.45, 2.75) is 45.5 Å². The molecule has 0 aliphatic carbocycles. The number of rotatable bonds is 7. The van der Waals surface area contributed by atoms with E-state index in [0.717, 1.165) is 24.7 Å². The van der Waals surface area contributed by atoms with Crippen molar-refractivity contribution in [2.24, 2.45) is 5.92 Å². The summed E-state index contributed by atoms with van der Waals surface area (Å²) in [5.74, 6) is 0.872. The maximum Gasteiger partial charge on any atom is 0.126 e. The van der Waals surface area contributed by atoms with Gasteiger partial charge in [0.1, 0.15) is 5.82 Å². The Hall–Kier alpha value is -0.673. The van der Waals surface area contributed by atoms with E-state index in [1.165, 1.54) is 0 Å². The number of hydrogen-bond donors (Lipinski definition) is 1. The number of nitrogens with one attached hydrogen (secondary N) is 1. The second-order valence-electron chi connectivity index (χ2n) is 7.04. The summed E-state index contributed by atoms with van der Waals surface area (Å²) in [6.45, 7) is 13.3. The zero-order valence-electron chi connectivity index (χ0n) is 13.0. The molecule has 0 heterocycles. The van der Waals surface area contributed by atoms with E-state index in [4.69, 9.17) is 0 Å². The summed E-state index contributed by atoms with van der Waals surface area (Å²) >= 11 is 0. The van der Waals surface area contributed by atoms with E-state index >= 15 is 0 Å². The number of halogens is 1. The molecule has 0 saturated heterocycles. The Morgan fingerprint density at radius 3 is 2.26 bits per heavy atom. The number of benzene rings is 1. The smallest absolute Gasteiger partial charge is 0.126 e. The molecule has 1 nitrogen and oxygen atoms in total. The van der Waals surface area contributed by atoms with Crippen LogP contribution in [-0.4, -0.2) is 21.2 Å². The molecule has 0 fully saturated rings. The van der Waals surface area contributed by atoms with Crippen molar-refractivity contribution in [3.63, 3.8) is 0 Å². The van der Waals surface area contributed by atoms with E-state index in [1.54, 1.807) is 12.1 Å². The Balaban J connectivity index is 2.77. The van der Waals surface area contributed by atoms with Crippen molar-refractivity contribution in [1.82, 2.24) is 5.32 Å². The predicted octanol–water partition coefficient (Wildman–Crippen LogP) is 4.49. The van der Waals surface area contributed by atoms with Crippen LogP contribution in [-0.2, 0) is 0 Å². The second-order valence-corrected chi connectivity index (χ2v) is 12.6.